The van der Waals surface area contributed by atoms with Gasteiger partial charge >= 0.3 is 11.9 Å². The lowest BCUT2D eigenvalue weighted by Gasteiger charge is -2.32. The smallest absolute Gasteiger partial charge is 0.290 e. The molecule has 0 amide bonds. The number of carbonyl (C=O) groups excluding carboxylic acids is 2. The summed E-state index contributed by atoms with van der Waals surface area (Å²) in [5, 5.41) is 0. The van der Waals surface area contributed by atoms with Gasteiger partial charge in [-0.1, -0.05) is 56.2 Å². The van der Waals surface area contributed by atoms with E-state index >= 15 is 0 Å². The van der Waals surface area contributed by atoms with Crippen molar-refractivity contribution in [2.24, 2.45) is 5.41 Å². The summed E-state index contributed by atoms with van der Waals surface area (Å²) < 4.78 is 0. The minimum Gasteiger partial charge on any atom is -0.290 e. The highest BCUT2D eigenvalue weighted by molar-refractivity contribution is 5.89. The second kappa shape index (κ2) is 10.2. The second-order valence-corrected chi connectivity index (χ2v) is 7.36. The Labute approximate surface area is 171 Å². The van der Waals surface area contributed by atoms with Crippen LogP contribution in [-0.4, -0.2) is 18.2 Å². The van der Waals surface area contributed by atoms with Gasteiger partial charge < -0.3 is 0 Å². The van der Waals surface area contributed by atoms with Crippen LogP contribution in [0.15, 0.2) is 48.5 Å². The number of carbonyl (C=O) groups is 2. The number of rotatable bonds is 9. The van der Waals surface area contributed by atoms with Crippen LogP contribution in [0.25, 0.3) is 0 Å². The maximum atomic E-state index is 12.2. The third kappa shape index (κ3) is 6.14. The van der Waals surface area contributed by atoms with Gasteiger partial charge in [0, 0.05) is 5.41 Å². The molecule has 2 aromatic carbocycles. The van der Waals surface area contributed by atoms with Crippen molar-refractivity contribution < 1.29 is 29.1 Å². The van der Waals surface area contributed by atoms with Crippen LogP contribution >= 0.6 is 0 Å². The van der Waals surface area contributed by atoms with Gasteiger partial charge in [0.05, 0.1) is 11.1 Å². The first-order valence-corrected chi connectivity index (χ1v) is 9.67. The Morgan fingerprint density at radius 1 is 0.759 bits per heavy atom. The predicted octanol–water partition coefficient (Wildman–Crippen LogP) is 5.33. The highest BCUT2D eigenvalue weighted by atomic mass is 17.3. The van der Waals surface area contributed by atoms with Crippen LogP contribution in [-0.2, 0) is 19.6 Å². The van der Waals surface area contributed by atoms with E-state index in [9.17, 15) is 9.59 Å². The van der Waals surface area contributed by atoms with Gasteiger partial charge in [0.25, 0.3) is 6.29 Å². The van der Waals surface area contributed by atoms with Gasteiger partial charge in [-0.15, -0.1) is 9.78 Å². The fourth-order valence-corrected chi connectivity index (χ4v) is 2.48. The quantitative estimate of drug-likeness (QED) is 0.322. The molecule has 0 fully saturated rings. The molecule has 0 saturated heterocycles. The summed E-state index contributed by atoms with van der Waals surface area (Å²) in [5.74, 6) is -1.31. The summed E-state index contributed by atoms with van der Waals surface area (Å²) in [6.07, 6.45) is 0.220. The molecular formula is C23H28O6. The van der Waals surface area contributed by atoms with E-state index < -0.39 is 23.6 Å². The molecule has 2 aromatic rings. The third-order valence-corrected chi connectivity index (χ3v) is 5.18. The average molecular weight is 400 g/mol. The first-order valence-electron chi connectivity index (χ1n) is 9.67. The van der Waals surface area contributed by atoms with Gasteiger partial charge in [-0.25, -0.2) is 9.59 Å². The average Bonchev–Trinajstić information content (AvgIpc) is 2.73. The zero-order valence-corrected chi connectivity index (χ0v) is 17.6. The largest absolute Gasteiger partial charge is 0.373 e. The highest BCUT2D eigenvalue weighted by Gasteiger charge is 2.37. The van der Waals surface area contributed by atoms with Crippen LogP contribution in [0.1, 0.15) is 65.5 Å². The summed E-state index contributed by atoms with van der Waals surface area (Å²) in [4.78, 5) is 45.0. The molecule has 0 atom stereocenters. The lowest BCUT2D eigenvalue weighted by atomic mass is 9.84. The number of hydrogen-bond donors (Lipinski definition) is 0. The van der Waals surface area contributed by atoms with Gasteiger partial charge in [0.15, 0.2) is 0 Å². The van der Waals surface area contributed by atoms with E-state index in [0.29, 0.717) is 24.0 Å². The second-order valence-electron chi connectivity index (χ2n) is 7.36. The Hall–Kier alpha value is -2.70. The van der Waals surface area contributed by atoms with Crippen molar-refractivity contribution in [3.05, 3.63) is 70.8 Å². The zero-order chi connectivity index (χ0) is 21.4. The number of benzene rings is 2. The van der Waals surface area contributed by atoms with Crippen LogP contribution in [0.4, 0.5) is 0 Å². The Bertz CT molecular complexity index is 745. The number of hydrogen-bond acceptors (Lipinski definition) is 6. The summed E-state index contributed by atoms with van der Waals surface area (Å²) in [6, 6.07) is 13.8. The van der Waals surface area contributed by atoms with E-state index in [0.717, 1.165) is 11.1 Å². The van der Waals surface area contributed by atoms with Crippen molar-refractivity contribution in [2.75, 3.05) is 0 Å². The summed E-state index contributed by atoms with van der Waals surface area (Å²) in [6.45, 7) is 9.65. The number of aryl methyl sites for hydroxylation is 2. The first kappa shape index (κ1) is 22.6. The molecule has 0 N–H and O–H groups in total. The molecule has 0 unspecified atom stereocenters. The van der Waals surface area contributed by atoms with Gasteiger partial charge in [0.1, 0.15) is 0 Å². The molecule has 6 heteroatoms. The molecule has 0 saturated carbocycles. The molecule has 0 aromatic heterocycles. The van der Waals surface area contributed by atoms with Crippen LogP contribution in [0.3, 0.4) is 0 Å². The third-order valence-electron chi connectivity index (χ3n) is 5.18. The summed E-state index contributed by atoms with van der Waals surface area (Å²) in [5.41, 5.74) is 2.20. The fraction of sp³-hybridized carbons (Fsp3) is 0.391. The molecule has 0 spiro atoms. The maximum Gasteiger partial charge on any atom is 0.373 e. The molecule has 6 nitrogen and oxygen atoms in total. The van der Waals surface area contributed by atoms with E-state index in [1.807, 2.05) is 34.6 Å². The van der Waals surface area contributed by atoms with Crippen molar-refractivity contribution in [2.45, 2.75) is 53.8 Å². The maximum absolute atomic E-state index is 12.2. The summed E-state index contributed by atoms with van der Waals surface area (Å²) in [7, 11) is 0. The monoisotopic (exact) mass is 400 g/mol. The molecule has 0 aliphatic rings. The van der Waals surface area contributed by atoms with Crippen molar-refractivity contribution in [1.29, 1.82) is 0 Å². The van der Waals surface area contributed by atoms with Crippen molar-refractivity contribution >= 4 is 11.9 Å². The van der Waals surface area contributed by atoms with Gasteiger partial charge in [-0.2, -0.15) is 0 Å². The van der Waals surface area contributed by atoms with E-state index in [1.54, 1.807) is 48.5 Å². The molecule has 0 aliphatic carbocycles. The van der Waals surface area contributed by atoms with Crippen LogP contribution in [0.5, 0.6) is 0 Å². The van der Waals surface area contributed by atoms with Gasteiger partial charge in [-0.3, -0.25) is 9.78 Å². The Balaban J connectivity index is 2.04. The molecular weight excluding hydrogens is 372 g/mol. The van der Waals surface area contributed by atoms with Crippen LogP contribution < -0.4 is 0 Å². The Kier molecular flexibility index (Phi) is 7.93. The van der Waals surface area contributed by atoms with E-state index in [2.05, 4.69) is 0 Å². The normalized spacial score (nSPS) is 11.4. The van der Waals surface area contributed by atoms with E-state index in [-0.39, 0.29) is 0 Å². The van der Waals surface area contributed by atoms with E-state index in [1.165, 1.54) is 0 Å². The van der Waals surface area contributed by atoms with Crippen molar-refractivity contribution in [1.82, 2.24) is 0 Å². The first-order chi connectivity index (χ1) is 13.8. The summed E-state index contributed by atoms with van der Waals surface area (Å²) >= 11 is 0. The lowest BCUT2D eigenvalue weighted by Crippen LogP contribution is -2.37. The fourth-order valence-electron chi connectivity index (χ4n) is 2.48. The van der Waals surface area contributed by atoms with Gasteiger partial charge in [-0.05, 0) is 51.0 Å². The van der Waals surface area contributed by atoms with Crippen molar-refractivity contribution in [3.63, 3.8) is 0 Å². The standard InChI is InChI=1S/C23H28O6/c1-6-23(5,7-2)22(28-26-20(24)18-12-8-16(3)9-13-18)29-27-21(25)19-14-10-17(4)11-15-19/h8-15,22H,6-7H2,1-5H3. The van der Waals surface area contributed by atoms with E-state index in [4.69, 9.17) is 19.6 Å². The molecule has 0 heterocycles. The molecule has 156 valence electrons. The lowest BCUT2D eigenvalue weighted by molar-refractivity contribution is -0.445. The Morgan fingerprint density at radius 3 is 1.41 bits per heavy atom. The molecule has 29 heavy (non-hydrogen) atoms. The minimum absolute atomic E-state index is 0.348. The predicted molar refractivity (Wildman–Crippen MR) is 108 cm³/mol. The molecule has 0 aliphatic heterocycles. The Morgan fingerprint density at radius 2 is 1.10 bits per heavy atom. The molecule has 2 rings (SSSR count). The van der Waals surface area contributed by atoms with Crippen molar-refractivity contribution in [3.8, 4) is 0 Å². The highest BCUT2D eigenvalue weighted by Crippen LogP contribution is 2.33. The van der Waals surface area contributed by atoms with Crippen LogP contribution in [0, 0.1) is 19.3 Å². The topological polar surface area (TPSA) is 71.1 Å². The van der Waals surface area contributed by atoms with Gasteiger partial charge in [0.2, 0.25) is 0 Å². The molecule has 0 radical (unpaired) electrons. The molecule has 0 bridgehead atoms. The minimum atomic E-state index is -1.08. The SMILES string of the molecule is CCC(C)(CC)C(OOC(=O)c1ccc(C)cc1)OOC(=O)c1ccc(C)cc1. The zero-order valence-electron chi connectivity index (χ0n) is 17.6. The van der Waals surface area contributed by atoms with Crippen LogP contribution in [0.2, 0.25) is 0 Å².